The first-order valence-corrected chi connectivity index (χ1v) is 13.6. The summed E-state index contributed by atoms with van der Waals surface area (Å²) in [5.41, 5.74) is 1.37. The minimum absolute atomic E-state index is 0.0593. The Morgan fingerprint density at radius 2 is 1.67 bits per heavy atom. The molecule has 0 unspecified atom stereocenters. The number of hydrogen-bond donors (Lipinski definition) is 2. The smallest absolute Gasteiger partial charge is 0.305 e. The summed E-state index contributed by atoms with van der Waals surface area (Å²) in [4.78, 5) is 39.5. The number of rotatable bonds is 3. The van der Waals surface area contributed by atoms with Crippen molar-refractivity contribution in [3.8, 4) is 22.6 Å². The number of aliphatic carboxylic acids is 1. The second kappa shape index (κ2) is 10.8. The lowest BCUT2D eigenvalue weighted by Crippen LogP contribution is -2.40. The van der Waals surface area contributed by atoms with E-state index in [1.165, 1.54) is 30.5 Å². The lowest BCUT2D eigenvalue weighted by molar-refractivity contribution is -0.137. The molecule has 0 spiro atoms. The van der Waals surface area contributed by atoms with E-state index in [4.69, 9.17) is 4.74 Å². The van der Waals surface area contributed by atoms with Crippen LogP contribution in [-0.4, -0.2) is 21.6 Å². The molecule has 0 radical (unpaired) electrons. The van der Waals surface area contributed by atoms with Gasteiger partial charge in [-0.2, -0.15) is 0 Å². The highest BCUT2D eigenvalue weighted by molar-refractivity contribution is 5.87. The summed E-state index contributed by atoms with van der Waals surface area (Å²) in [6.07, 6.45) is 0.785. The molecule has 216 valence electrons. The maximum absolute atomic E-state index is 15.7. The van der Waals surface area contributed by atoms with Gasteiger partial charge in [-0.15, -0.1) is 0 Å². The van der Waals surface area contributed by atoms with E-state index in [0.717, 1.165) is 16.2 Å². The molecule has 0 aliphatic carbocycles. The van der Waals surface area contributed by atoms with Crippen LogP contribution in [0.5, 0.6) is 11.5 Å². The van der Waals surface area contributed by atoms with Crippen molar-refractivity contribution in [2.75, 3.05) is 0 Å². The van der Waals surface area contributed by atoms with Crippen LogP contribution in [0.4, 0.5) is 8.78 Å². The van der Waals surface area contributed by atoms with Gasteiger partial charge in [-0.1, -0.05) is 36.4 Å². The summed E-state index contributed by atoms with van der Waals surface area (Å²) in [5.74, 6) is -3.06. The molecule has 1 amide bonds. The van der Waals surface area contributed by atoms with Gasteiger partial charge in [0, 0.05) is 29.0 Å². The van der Waals surface area contributed by atoms with Crippen molar-refractivity contribution >= 4 is 22.6 Å². The first kappa shape index (κ1) is 27.8. The highest BCUT2D eigenvalue weighted by atomic mass is 19.1. The highest BCUT2D eigenvalue weighted by Gasteiger charge is 2.32. The average molecular weight is 581 g/mol. The number of benzene rings is 4. The molecule has 1 aliphatic heterocycles. The number of amides is 1. The summed E-state index contributed by atoms with van der Waals surface area (Å²) < 4.78 is 38.7. The molecule has 43 heavy (non-hydrogen) atoms. The van der Waals surface area contributed by atoms with Crippen LogP contribution in [0.1, 0.15) is 40.8 Å². The fourth-order valence-electron chi connectivity index (χ4n) is 5.68. The quantitative estimate of drug-likeness (QED) is 0.251. The van der Waals surface area contributed by atoms with Gasteiger partial charge in [0.1, 0.15) is 29.2 Å². The number of pyridine rings is 1. The maximum atomic E-state index is 15.7. The summed E-state index contributed by atoms with van der Waals surface area (Å²) in [7, 11) is 0. The molecular weight excluding hydrogens is 554 g/mol. The van der Waals surface area contributed by atoms with Crippen LogP contribution < -0.4 is 15.6 Å². The van der Waals surface area contributed by atoms with Crippen molar-refractivity contribution < 1.29 is 28.2 Å². The number of carboxylic acid groups (broad SMARTS) is 1. The van der Waals surface area contributed by atoms with E-state index in [0.29, 0.717) is 27.6 Å². The number of ether oxygens (including phenoxy) is 1. The van der Waals surface area contributed by atoms with Crippen LogP contribution in [0.25, 0.3) is 21.9 Å². The number of aryl methyl sites for hydroxylation is 2. The largest absolute Gasteiger partial charge is 0.481 e. The fourth-order valence-corrected chi connectivity index (χ4v) is 5.68. The second-order valence-corrected chi connectivity index (χ2v) is 10.6. The zero-order valence-corrected chi connectivity index (χ0v) is 23.2. The Morgan fingerprint density at radius 1 is 0.907 bits per heavy atom. The number of aromatic nitrogens is 1. The van der Waals surface area contributed by atoms with Gasteiger partial charge in [0.2, 0.25) is 5.91 Å². The molecular formula is C34H26F2N2O5. The predicted octanol–water partition coefficient (Wildman–Crippen LogP) is 6.59. The Kier molecular flexibility index (Phi) is 7.01. The Hall–Kier alpha value is -5.31. The van der Waals surface area contributed by atoms with E-state index in [9.17, 15) is 19.5 Å². The van der Waals surface area contributed by atoms with Gasteiger partial charge in [0.05, 0.1) is 12.5 Å². The van der Waals surface area contributed by atoms with Crippen molar-refractivity contribution in [2.45, 2.75) is 32.4 Å². The number of fused-ring (bicyclic) bond motifs is 7. The third-order valence-corrected chi connectivity index (χ3v) is 7.70. The van der Waals surface area contributed by atoms with Gasteiger partial charge in [-0.05, 0) is 77.7 Å². The lowest BCUT2D eigenvalue weighted by atomic mass is 9.92. The van der Waals surface area contributed by atoms with E-state index in [1.807, 2.05) is 13.0 Å². The van der Waals surface area contributed by atoms with Crippen molar-refractivity contribution in [3.63, 3.8) is 0 Å². The molecule has 2 heterocycles. The minimum atomic E-state index is -1.58. The zero-order valence-electron chi connectivity index (χ0n) is 23.2. The Labute approximate surface area is 245 Å². The summed E-state index contributed by atoms with van der Waals surface area (Å²) >= 11 is 0. The summed E-state index contributed by atoms with van der Waals surface area (Å²) in [6.45, 7) is 3.40. The van der Waals surface area contributed by atoms with E-state index in [-0.39, 0.29) is 22.4 Å². The standard InChI is InChI=1S/C34H26F2N2O5/c1-18-6-5-9-28-31(18)22-12-19(2)32(36)25(13-22)27(16-30(40)41)37-34(42)33(24-15-23(43-28)10-11-26(24)35)38-17-21-8-4-3-7-20(21)14-29(38)39/h3-15,17,27,33H,16H2,1-2H3,(H,37,42)(H,40,41)/t27-,33-/m1/s1. The van der Waals surface area contributed by atoms with Gasteiger partial charge in [-0.25, -0.2) is 8.78 Å². The van der Waals surface area contributed by atoms with E-state index in [2.05, 4.69) is 5.32 Å². The molecule has 1 aromatic heterocycles. The van der Waals surface area contributed by atoms with E-state index >= 15 is 8.78 Å². The number of hydrogen-bond acceptors (Lipinski definition) is 4. The van der Waals surface area contributed by atoms with Crippen molar-refractivity contribution in [3.05, 3.63) is 129 Å². The number of carboxylic acids is 1. The Morgan fingerprint density at radius 3 is 2.44 bits per heavy atom. The van der Waals surface area contributed by atoms with E-state index in [1.54, 1.807) is 49.4 Å². The van der Waals surface area contributed by atoms with Crippen LogP contribution in [0.2, 0.25) is 0 Å². The lowest BCUT2D eigenvalue weighted by Gasteiger charge is -2.25. The Balaban J connectivity index is 1.65. The van der Waals surface area contributed by atoms with E-state index < -0.39 is 47.6 Å². The maximum Gasteiger partial charge on any atom is 0.305 e. The SMILES string of the molecule is Cc1cc2cc(c1F)[C@@H](CC(=O)O)NC(=O)[C@H](n1cc3ccccc3cc1=O)c1cc(ccc1F)Oc1cccc(C)c1-2. The van der Waals surface area contributed by atoms with Crippen molar-refractivity contribution in [1.82, 2.24) is 9.88 Å². The molecule has 4 aromatic carbocycles. The van der Waals surface area contributed by atoms with Gasteiger partial charge >= 0.3 is 5.97 Å². The first-order valence-electron chi connectivity index (χ1n) is 13.6. The zero-order chi connectivity index (χ0) is 30.4. The molecule has 5 aromatic rings. The molecule has 2 atom stereocenters. The number of carbonyl (C=O) groups excluding carboxylic acids is 1. The number of halogens is 2. The van der Waals surface area contributed by atoms with Crippen molar-refractivity contribution in [2.24, 2.45) is 0 Å². The Bertz CT molecular complexity index is 2000. The molecule has 1 aliphatic rings. The van der Waals surface area contributed by atoms with Crippen molar-refractivity contribution in [1.29, 1.82) is 0 Å². The van der Waals surface area contributed by atoms with Crippen LogP contribution in [-0.2, 0) is 9.59 Å². The molecule has 4 bridgehead atoms. The molecule has 0 saturated carbocycles. The monoisotopic (exact) mass is 580 g/mol. The van der Waals surface area contributed by atoms with Crippen LogP contribution >= 0.6 is 0 Å². The van der Waals surface area contributed by atoms with Gasteiger partial charge in [0.15, 0.2) is 0 Å². The molecule has 0 saturated heterocycles. The van der Waals surface area contributed by atoms with Gasteiger partial charge in [-0.3, -0.25) is 19.0 Å². The number of nitrogens with zero attached hydrogens (tertiary/aromatic N) is 1. The predicted molar refractivity (Wildman–Crippen MR) is 157 cm³/mol. The van der Waals surface area contributed by atoms with Crippen LogP contribution in [0.15, 0.2) is 89.9 Å². The number of nitrogens with one attached hydrogen (secondary N) is 1. The number of carbonyl (C=O) groups is 2. The van der Waals surface area contributed by atoms with Gasteiger partial charge < -0.3 is 15.2 Å². The third kappa shape index (κ3) is 5.14. The van der Waals surface area contributed by atoms with Gasteiger partial charge in [0.25, 0.3) is 5.56 Å². The summed E-state index contributed by atoms with van der Waals surface area (Å²) in [5, 5.41) is 13.6. The van der Waals surface area contributed by atoms with Crippen LogP contribution in [0, 0.1) is 25.5 Å². The normalized spacial score (nSPS) is 16.2. The molecule has 9 heteroatoms. The molecule has 6 rings (SSSR count). The molecule has 2 N–H and O–H groups in total. The topological polar surface area (TPSA) is 97.6 Å². The fraction of sp³-hybridized carbons (Fsp3) is 0.147. The van der Waals surface area contributed by atoms with Crippen LogP contribution in [0.3, 0.4) is 0 Å². The first-order chi connectivity index (χ1) is 20.6. The summed E-state index contributed by atoms with van der Waals surface area (Å²) in [6, 6.07) is 17.8. The third-order valence-electron chi connectivity index (χ3n) is 7.70. The second-order valence-electron chi connectivity index (χ2n) is 10.6. The average Bonchev–Trinajstić information content (AvgIpc) is 2.96. The molecule has 7 nitrogen and oxygen atoms in total. The minimum Gasteiger partial charge on any atom is -0.481 e. The molecule has 0 fully saturated rings. The highest BCUT2D eigenvalue weighted by Crippen LogP contribution is 2.40.